The molecule has 3 aromatic carbocycles. The third-order valence-electron chi connectivity index (χ3n) is 24.7. The van der Waals surface area contributed by atoms with Crippen molar-refractivity contribution in [3.05, 3.63) is 108 Å². The van der Waals surface area contributed by atoms with E-state index in [-0.39, 0.29) is 109 Å². The Morgan fingerprint density at radius 2 is 1.10 bits per heavy atom. The van der Waals surface area contributed by atoms with Gasteiger partial charge in [-0.15, -0.1) is 0 Å². The number of amides is 15. The number of rotatable bonds is 24. The molecule has 39 nitrogen and oxygen atoms in total. The number of aliphatic hydroxyl groups excluding tert-OH is 1. The number of aliphatic carboxylic acids is 1. The Morgan fingerprint density at radius 3 is 1.73 bits per heavy atom. The largest absolute Gasteiger partial charge is 0.480 e. The van der Waals surface area contributed by atoms with Crippen molar-refractivity contribution in [1.82, 2.24) is 76.6 Å². The van der Waals surface area contributed by atoms with Gasteiger partial charge in [-0.1, -0.05) is 116 Å². The van der Waals surface area contributed by atoms with Crippen molar-refractivity contribution in [3.63, 3.8) is 0 Å². The fourth-order valence-corrected chi connectivity index (χ4v) is 17.8. The Hall–Kier alpha value is -12.3. The molecule has 19 N–H and O–H groups in total. The number of carboxylic acids is 1. The Labute approximate surface area is 765 Å². The van der Waals surface area contributed by atoms with Crippen LogP contribution in [0.5, 0.6) is 0 Å². The number of carbonyl (C=O) groups excluding carboxylic acids is 16. The van der Waals surface area contributed by atoms with Crippen LogP contribution in [0.15, 0.2) is 85.2 Å². The van der Waals surface area contributed by atoms with Crippen LogP contribution in [0.3, 0.4) is 0 Å². The number of ether oxygens (including phenoxy) is 1. The summed E-state index contributed by atoms with van der Waals surface area (Å²) in [7, 11) is 2.72. The number of benzene rings is 3. The highest BCUT2D eigenvalue weighted by molar-refractivity contribution is 6.02. The summed E-state index contributed by atoms with van der Waals surface area (Å²) in [5.41, 5.74) is 26.5. The second kappa shape index (κ2) is 48.7. The Balaban J connectivity index is 1.09. The Bertz CT molecular complexity index is 4970. The van der Waals surface area contributed by atoms with E-state index in [0.717, 1.165) is 26.8 Å². The lowest BCUT2D eigenvalue weighted by Crippen LogP contribution is -2.62. The first-order valence-electron chi connectivity index (χ1n) is 45.6. The summed E-state index contributed by atoms with van der Waals surface area (Å²) in [6.07, 6.45) is 1.56. The molecule has 15 amide bonds. The number of carboxylic acid groups (broad SMARTS) is 1. The standard InChI is InChI=1S/C92H130FN19O20/c1-9-11-23-71-85(124)101-63(36-51(3)4)83(122)106-69(80(97)119)49-132-50-78(116)99-65(38-53-28-30-57(93)31-29-53)89(128)110-34-18-17-26-72(110)86(125)104-67(43-77(96)115)90(129)111-35-19-27-73(111)87(126)105-68(44-95)84(123)102-64(37-52(5)6)91(130)112-47-58(113)42-75(112)76(114)41-54(39-55-45-98-61-22-15-13-20-59(55)61)81(120)100-62(32-33-94)82(121)103-66(88(127)108(8)74(24-12-10-2)92(131)107(71)7)40-56-46-109(48-79(117)118)70-25-16-14-21-60(56)70/h13-16,20-22,25,28-31,45-46,51-52,54,58,62-69,71-75,98,113H,9-12,17-19,23-24,26-27,32-44,47-50,94-95H2,1-8H3,(H2,96,115)(H2,97,119)(H,99,116)(H,100,120)(H,101,124)(H,102,123)(H,103,121)(H,104,125)(H,105,126)(H,106,122)(H,117,118)/t54-,58-,62+,63+,64+,65+,66+,67+,68+,69+,71+,72+,73+,74+,75+/m1/s1. The zero-order chi connectivity index (χ0) is 96.5. The van der Waals surface area contributed by atoms with Crippen molar-refractivity contribution in [2.45, 2.75) is 261 Å². The number of H-pyrrole nitrogens is 1. The minimum absolute atomic E-state index is 0.000942. The summed E-state index contributed by atoms with van der Waals surface area (Å²) in [4.78, 5) is 258. The highest BCUT2D eigenvalue weighted by atomic mass is 19.1. The average Bonchev–Trinajstić information content (AvgIpc) is 1.63. The van der Waals surface area contributed by atoms with E-state index >= 15 is 38.4 Å². The van der Waals surface area contributed by atoms with Crippen molar-refractivity contribution in [2.75, 3.05) is 60.0 Å². The van der Waals surface area contributed by atoms with Crippen LogP contribution in [-0.2, 0) is 112 Å². The molecule has 15 atom stereocenters. The molecule has 2 aromatic heterocycles. The predicted octanol–water partition coefficient (Wildman–Crippen LogP) is -0.0131. The van der Waals surface area contributed by atoms with Crippen LogP contribution in [0.2, 0.25) is 0 Å². The normalized spacial score (nSPS) is 25.8. The lowest BCUT2D eigenvalue weighted by atomic mass is 9.90. The molecule has 0 spiro atoms. The number of halogens is 1. The van der Waals surface area contributed by atoms with Gasteiger partial charge in [0, 0.05) is 106 Å². The third-order valence-corrected chi connectivity index (χ3v) is 24.7. The summed E-state index contributed by atoms with van der Waals surface area (Å²) in [6, 6.07) is -0.614. The highest BCUT2D eigenvalue weighted by Gasteiger charge is 2.47. The summed E-state index contributed by atoms with van der Waals surface area (Å²) >= 11 is 0. The van der Waals surface area contributed by atoms with Gasteiger partial charge in [0.25, 0.3) is 0 Å². The number of fused-ring (bicyclic) bond motifs is 5. The predicted molar refractivity (Wildman–Crippen MR) is 482 cm³/mol. The number of nitrogens with zero attached hydrogens (tertiary/aromatic N) is 6. The zero-order valence-corrected chi connectivity index (χ0v) is 76.3. The number of hydrogen-bond donors (Lipinski definition) is 15. The number of para-hydroxylation sites is 2. The lowest BCUT2D eigenvalue weighted by Gasteiger charge is -2.38. The number of aromatic amines is 1. The van der Waals surface area contributed by atoms with Gasteiger partial charge in [-0.3, -0.25) is 81.5 Å². The van der Waals surface area contributed by atoms with Crippen LogP contribution in [0.25, 0.3) is 21.8 Å². The van der Waals surface area contributed by atoms with Gasteiger partial charge in [0.15, 0.2) is 5.78 Å². The lowest BCUT2D eigenvalue weighted by molar-refractivity contribution is -0.149. The molecule has 4 aliphatic rings. The number of nitrogens with one attached hydrogen (secondary N) is 9. The number of ketones is 1. The van der Waals surface area contributed by atoms with Crippen LogP contribution < -0.4 is 65.5 Å². The first kappa shape index (κ1) is 103. The minimum Gasteiger partial charge on any atom is -0.480 e. The fourth-order valence-electron chi connectivity index (χ4n) is 17.8. The number of primary amides is 2. The van der Waals surface area contributed by atoms with E-state index < -0.39 is 242 Å². The van der Waals surface area contributed by atoms with Gasteiger partial charge in [-0.25, -0.2) is 4.39 Å². The van der Waals surface area contributed by atoms with E-state index in [9.17, 15) is 57.8 Å². The number of carbonyl (C=O) groups is 17. The minimum atomic E-state index is -1.74. The SMILES string of the molecule is CCCC[C@H]1C(=O)N(C)[C@@H](CCCC)C(=O)N[C@@H](CC(C)C)C(=O)N[C@H](C(N)=O)COCC(=O)N[C@@H](Cc2ccc(F)cc2)C(=O)N2CCCC[C@H]2C(=O)N[C@@H](CC(N)=O)C(=O)N2CCC[C@H]2C(=O)N[C@@H](CN)C(=O)N[C@@H](CC(C)C)C(=O)N2C[C@H](O)C[C@H]2C(=O)C[C@@H](Cc2c[nH]c3ccccc23)C(=O)N[C@@H](CCN)C(=O)N[C@@H](Cc2cn(CC(=O)O)c3ccccc23)C(=O)N1C. The number of nitrogens with two attached hydrogens (primary N) is 4. The number of unbranched alkanes of at least 4 members (excludes halogenated alkanes) is 2. The van der Waals surface area contributed by atoms with Gasteiger partial charge in [0.1, 0.15) is 91.5 Å². The van der Waals surface area contributed by atoms with Gasteiger partial charge in [0.2, 0.25) is 88.6 Å². The van der Waals surface area contributed by atoms with Crippen LogP contribution >= 0.6 is 0 Å². The van der Waals surface area contributed by atoms with Crippen LogP contribution in [0.4, 0.5) is 4.39 Å². The second-order valence-corrected chi connectivity index (χ2v) is 35.7. The van der Waals surface area contributed by atoms with Crippen LogP contribution in [0.1, 0.15) is 167 Å². The van der Waals surface area contributed by atoms with Crippen LogP contribution in [0, 0.1) is 23.6 Å². The number of aromatic nitrogens is 2. The highest BCUT2D eigenvalue weighted by Crippen LogP contribution is 2.31. The molecule has 0 unspecified atom stereocenters. The maximum Gasteiger partial charge on any atom is 0.323 e. The molecule has 0 saturated carbocycles. The van der Waals surface area contributed by atoms with Crippen molar-refractivity contribution in [3.8, 4) is 0 Å². The number of aliphatic hydroxyl groups is 1. The van der Waals surface area contributed by atoms with E-state index in [0.29, 0.717) is 77.0 Å². The molecular formula is C92H130FN19O20. The number of likely N-dealkylation sites (N-methyl/N-ethyl adjacent to an activating group) is 2. The van der Waals surface area contributed by atoms with Crippen LogP contribution in [-0.4, -0.2) is 289 Å². The summed E-state index contributed by atoms with van der Waals surface area (Å²) < 4.78 is 21.6. The monoisotopic (exact) mass is 1840 g/mol. The molecule has 4 aliphatic heterocycles. The van der Waals surface area contributed by atoms with Crippen molar-refractivity contribution in [2.24, 2.45) is 40.7 Å². The molecule has 9 rings (SSSR count). The van der Waals surface area contributed by atoms with E-state index in [1.54, 1.807) is 82.4 Å². The number of piperidine rings is 1. The number of hydrogen-bond acceptors (Lipinski definition) is 21. The van der Waals surface area contributed by atoms with Crippen molar-refractivity contribution < 1.29 is 101 Å². The van der Waals surface area contributed by atoms with Gasteiger partial charge < -0.3 is 114 Å². The van der Waals surface area contributed by atoms with Crippen molar-refractivity contribution >= 4 is 122 Å². The molecular weight excluding hydrogens is 1710 g/mol. The fraction of sp³-hybridized carbons (Fsp3) is 0.576. The molecule has 40 heteroatoms. The van der Waals surface area contributed by atoms with Gasteiger partial charge >= 0.3 is 5.97 Å². The number of Topliss-reactive ketones (excluding diaryl/α,β-unsaturated/α-hetero) is 1. The Kier molecular flexibility index (Phi) is 38.2. The molecule has 4 fully saturated rings. The van der Waals surface area contributed by atoms with E-state index in [4.69, 9.17) is 27.7 Å². The smallest absolute Gasteiger partial charge is 0.323 e. The summed E-state index contributed by atoms with van der Waals surface area (Å²) in [5, 5.41) is 44.2. The van der Waals surface area contributed by atoms with Crippen molar-refractivity contribution in [1.29, 1.82) is 0 Å². The molecule has 4 saturated heterocycles. The molecule has 0 aliphatic carbocycles. The molecule has 5 aromatic rings. The maximum absolute atomic E-state index is 15.9. The Morgan fingerprint density at radius 1 is 0.545 bits per heavy atom. The maximum atomic E-state index is 15.9. The zero-order valence-electron chi connectivity index (χ0n) is 76.3. The summed E-state index contributed by atoms with van der Waals surface area (Å²) in [6.45, 7) is 7.15. The summed E-state index contributed by atoms with van der Waals surface area (Å²) in [5.74, 6) is -18.3. The quantitative estimate of drug-likeness (QED) is 0.0386. The third kappa shape index (κ3) is 27.7. The van der Waals surface area contributed by atoms with Gasteiger partial charge in [0.05, 0.1) is 25.2 Å². The first-order chi connectivity index (χ1) is 62.8. The molecule has 6 heterocycles. The molecule has 0 radical (unpaired) electrons. The topological polar surface area (TPSA) is 577 Å². The van der Waals surface area contributed by atoms with Gasteiger partial charge in [-0.2, -0.15) is 0 Å². The van der Waals surface area contributed by atoms with E-state index in [1.165, 1.54) is 46.8 Å². The average molecular weight is 1840 g/mol. The second-order valence-electron chi connectivity index (χ2n) is 35.7. The van der Waals surface area contributed by atoms with Gasteiger partial charge in [-0.05, 0) is 130 Å². The van der Waals surface area contributed by atoms with E-state index in [1.807, 2.05) is 13.8 Å². The molecule has 720 valence electrons. The molecule has 132 heavy (non-hydrogen) atoms. The first-order valence-corrected chi connectivity index (χ1v) is 45.6. The molecule has 0 bridgehead atoms. The van der Waals surface area contributed by atoms with E-state index in [2.05, 4.69) is 47.5 Å².